The second-order valence-corrected chi connectivity index (χ2v) is 15.6. The highest BCUT2D eigenvalue weighted by atomic mass is 35.5. The van der Waals surface area contributed by atoms with E-state index < -0.39 is 7.92 Å². The Bertz CT molecular complexity index is 1940. The maximum Gasteiger partial charge on any atom is 0.229 e. The van der Waals surface area contributed by atoms with Gasteiger partial charge in [0.1, 0.15) is 10.8 Å². The number of rotatable bonds is 9. The zero-order valence-electron chi connectivity index (χ0n) is 28.7. The number of anilines is 5. The second kappa shape index (κ2) is 14.4. The Kier molecular flexibility index (Phi) is 9.82. The van der Waals surface area contributed by atoms with E-state index in [1.165, 1.54) is 0 Å². The van der Waals surface area contributed by atoms with Crippen molar-refractivity contribution in [2.24, 2.45) is 7.05 Å². The summed E-state index contributed by atoms with van der Waals surface area (Å²) >= 11 is 6.66. The van der Waals surface area contributed by atoms with Crippen molar-refractivity contribution in [3.05, 3.63) is 60.3 Å². The largest absolute Gasteiger partial charge is 0.494 e. The average molecular weight is 700 g/mol. The van der Waals surface area contributed by atoms with Crippen LogP contribution in [-0.4, -0.2) is 112 Å². The number of aryl methyl sites for hydroxylation is 1. The molecule has 49 heavy (non-hydrogen) atoms. The van der Waals surface area contributed by atoms with Gasteiger partial charge in [-0.05, 0) is 51.4 Å². The molecule has 0 aliphatic carbocycles. The van der Waals surface area contributed by atoms with Gasteiger partial charge in [0.05, 0.1) is 36.2 Å². The Balaban J connectivity index is 1.17. The van der Waals surface area contributed by atoms with Gasteiger partial charge in [-0.3, -0.25) is 19.5 Å². The average Bonchev–Trinajstić information content (AvgIpc) is 3.55. The zero-order valence-corrected chi connectivity index (χ0v) is 30.3. The molecule has 5 aromatic rings. The van der Waals surface area contributed by atoms with Gasteiger partial charge in [0.2, 0.25) is 5.95 Å². The minimum Gasteiger partial charge on any atom is -0.494 e. The highest BCUT2D eigenvalue weighted by Gasteiger charge is 2.29. The molecule has 2 fully saturated rings. The van der Waals surface area contributed by atoms with E-state index in [0.717, 1.165) is 96.6 Å². The molecule has 0 saturated carbocycles. The molecule has 2 saturated heterocycles. The third kappa shape index (κ3) is 7.14. The molecule has 0 radical (unpaired) electrons. The number of hydrogen-bond donors (Lipinski definition) is 2. The summed E-state index contributed by atoms with van der Waals surface area (Å²) in [5.74, 6) is 1.59. The third-order valence-corrected chi connectivity index (χ3v) is 11.1. The second-order valence-electron chi connectivity index (χ2n) is 13.0. The minimum atomic E-state index is -0.516. The fourth-order valence-corrected chi connectivity index (χ4v) is 8.23. The Morgan fingerprint density at radius 2 is 1.67 bits per heavy atom. The summed E-state index contributed by atoms with van der Waals surface area (Å²) in [5.41, 5.74) is 6.62. The Morgan fingerprint density at radius 3 is 2.39 bits per heavy atom. The topological polar surface area (TPSA) is 112 Å². The van der Waals surface area contributed by atoms with Crippen LogP contribution in [0.15, 0.2) is 55.2 Å². The molecule has 0 bridgehead atoms. The SMILES string of the molecule is COc1cc(N2CCC(N3CCN(C)CC3)CC2)c(-c2cnn(C)c2)cc1Nc1ncc(Cl)c(Nc2ccc3nccnc3c2P(C)C)n1. The number of ether oxygens (including phenoxy) is 1. The zero-order chi connectivity index (χ0) is 34.1. The fraction of sp³-hybridized carbons (Fsp3) is 0.400. The first kappa shape index (κ1) is 33.4. The summed E-state index contributed by atoms with van der Waals surface area (Å²) in [6.45, 7) is 10.9. The molecule has 2 aliphatic heterocycles. The van der Waals surface area contributed by atoms with Gasteiger partial charge in [-0.1, -0.05) is 19.5 Å². The van der Waals surface area contributed by atoms with Crippen molar-refractivity contribution in [2.75, 3.05) is 82.3 Å². The molecule has 5 heterocycles. The van der Waals surface area contributed by atoms with Gasteiger partial charge < -0.3 is 25.2 Å². The number of benzene rings is 2. The van der Waals surface area contributed by atoms with E-state index in [-0.39, 0.29) is 0 Å². The molecule has 2 aliphatic rings. The molecule has 2 aromatic carbocycles. The van der Waals surface area contributed by atoms with Gasteiger partial charge in [0.25, 0.3) is 0 Å². The van der Waals surface area contributed by atoms with Gasteiger partial charge in [0, 0.05) is 105 Å². The van der Waals surface area contributed by atoms with Gasteiger partial charge in [-0.15, -0.1) is 0 Å². The Labute approximate surface area is 293 Å². The van der Waals surface area contributed by atoms with E-state index in [1.807, 2.05) is 30.1 Å². The number of hydrogen-bond acceptors (Lipinski definition) is 11. The van der Waals surface area contributed by atoms with Gasteiger partial charge >= 0.3 is 0 Å². The number of aromatic nitrogens is 6. The van der Waals surface area contributed by atoms with E-state index in [4.69, 9.17) is 21.3 Å². The van der Waals surface area contributed by atoms with Crippen molar-refractivity contribution in [2.45, 2.75) is 18.9 Å². The number of methoxy groups -OCH3 is 1. The fourth-order valence-electron chi connectivity index (χ4n) is 6.89. The lowest BCUT2D eigenvalue weighted by Crippen LogP contribution is -2.52. The summed E-state index contributed by atoms with van der Waals surface area (Å²) in [6, 6.07) is 8.84. The number of nitrogens with one attached hydrogen (secondary N) is 2. The van der Waals surface area contributed by atoms with Crippen LogP contribution in [-0.2, 0) is 7.05 Å². The summed E-state index contributed by atoms with van der Waals surface area (Å²) in [7, 11) is 5.34. The number of piperidine rings is 1. The van der Waals surface area contributed by atoms with Crippen LogP contribution in [0.5, 0.6) is 5.75 Å². The monoisotopic (exact) mass is 699 g/mol. The van der Waals surface area contributed by atoms with E-state index in [1.54, 1.807) is 25.7 Å². The number of halogens is 1. The summed E-state index contributed by atoms with van der Waals surface area (Å²) in [4.78, 5) is 26.1. The maximum atomic E-state index is 6.66. The van der Waals surface area contributed by atoms with E-state index in [2.05, 4.69) is 84.1 Å². The smallest absolute Gasteiger partial charge is 0.229 e. The minimum absolute atomic E-state index is 0.389. The van der Waals surface area contributed by atoms with Crippen LogP contribution in [0.2, 0.25) is 5.02 Å². The first-order valence-electron chi connectivity index (χ1n) is 16.6. The van der Waals surface area contributed by atoms with Gasteiger partial charge in [-0.2, -0.15) is 10.1 Å². The standard InChI is InChI=1S/C35H43ClN11OP/c1-44-14-16-46(17-15-44)24-8-12-47(13-9-24)30-19-31(48-3)29(18-25(30)23-20-40-45(2)22-23)42-35-39-21-26(36)34(43-35)41-28-7-6-27-32(33(28)49(4)5)38-11-10-37-27/h6-7,10-11,18-22,24H,8-9,12-17H2,1-5H3,(H2,39,41,42,43). The van der Waals surface area contributed by atoms with Crippen LogP contribution in [0.1, 0.15) is 12.8 Å². The van der Waals surface area contributed by atoms with Gasteiger partial charge in [-0.25, -0.2) is 4.98 Å². The van der Waals surface area contributed by atoms with Crippen LogP contribution in [0.4, 0.5) is 28.8 Å². The number of nitrogens with zero attached hydrogens (tertiary/aromatic N) is 9. The van der Waals surface area contributed by atoms with Crippen LogP contribution in [0, 0.1) is 0 Å². The Hall–Kier alpha value is -4.09. The van der Waals surface area contributed by atoms with Crippen molar-refractivity contribution < 1.29 is 4.74 Å². The van der Waals surface area contributed by atoms with Crippen molar-refractivity contribution in [3.63, 3.8) is 0 Å². The summed E-state index contributed by atoms with van der Waals surface area (Å²) in [5, 5.41) is 12.9. The lowest BCUT2D eigenvalue weighted by Gasteiger charge is -2.43. The van der Waals surface area contributed by atoms with Crippen LogP contribution in [0.3, 0.4) is 0 Å². The van der Waals surface area contributed by atoms with Crippen LogP contribution >= 0.6 is 19.5 Å². The highest BCUT2D eigenvalue weighted by Crippen LogP contribution is 2.42. The molecular formula is C35H43ClN11OP. The van der Waals surface area contributed by atoms with E-state index >= 15 is 0 Å². The molecular weight excluding hydrogens is 657 g/mol. The predicted molar refractivity (Wildman–Crippen MR) is 201 cm³/mol. The molecule has 14 heteroatoms. The molecule has 0 atom stereocenters. The molecule has 0 spiro atoms. The van der Waals surface area contributed by atoms with Crippen molar-refractivity contribution in [1.82, 2.24) is 39.5 Å². The third-order valence-electron chi connectivity index (χ3n) is 9.50. The number of piperazine rings is 1. The number of fused-ring (bicyclic) bond motifs is 1. The lowest BCUT2D eigenvalue weighted by molar-refractivity contribution is 0.0982. The quantitative estimate of drug-likeness (QED) is 0.189. The first-order valence-corrected chi connectivity index (χ1v) is 19.2. The maximum absolute atomic E-state index is 6.66. The normalized spacial score (nSPS) is 16.4. The van der Waals surface area contributed by atoms with E-state index in [0.29, 0.717) is 28.6 Å². The number of likely N-dealkylation sites (N-methyl/N-ethyl adjacent to an activating group) is 1. The molecule has 3 aromatic heterocycles. The van der Waals surface area contributed by atoms with Crippen molar-refractivity contribution in [1.29, 1.82) is 0 Å². The van der Waals surface area contributed by atoms with Crippen LogP contribution < -0.4 is 25.6 Å². The summed E-state index contributed by atoms with van der Waals surface area (Å²) in [6.07, 6.45) is 11.3. The Morgan fingerprint density at radius 1 is 0.898 bits per heavy atom. The highest BCUT2D eigenvalue weighted by molar-refractivity contribution is 7.65. The molecule has 0 unspecified atom stereocenters. The molecule has 0 amide bonds. The molecule has 7 rings (SSSR count). The molecule has 256 valence electrons. The van der Waals surface area contributed by atoms with Crippen molar-refractivity contribution >= 4 is 64.7 Å². The lowest BCUT2D eigenvalue weighted by atomic mass is 9.98. The van der Waals surface area contributed by atoms with E-state index in [9.17, 15) is 0 Å². The van der Waals surface area contributed by atoms with Crippen LogP contribution in [0.25, 0.3) is 22.2 Å². The van der Waals surface area contributed by atoms with Gasteiger partial charge in [0.15, 0.2) is 5.82 Å². The first-order chi connectivity index (χ1) is 23.8. The predicted octanol–water partition coefficient (Wildman–Crippen LogP) is 5.55. The molecule has 12 nitrogen and oxygen atoms in total. The summed E-state index contributed by atoms with van der Waals surface area (Å²) < 4.78 is 7.81. The molecule has 2 N–H and O–H groups in total. The van der Waals surface area contributed by atoms with Crippen molar-refractivity contribution in [3.8, 4) is 16.9 Å².